The Balaban J connectivity index is 2.16. The van der Waals surface area contributed by atoms with E-state index in [4.69, 9.17) is 30.5 Å². The quantitative estimate of drug-likeness (QED) is 0.844. The Morgan fingerprint density at radius 1 is 1.16 bits per heavy atom. The molecule has 0 aromatic heterocycles. The molecule has 1 aromatic rings. The Labute approximate surface area is 117 Å². The van der Waals surface area contributed by atoms with Gasteiger partial charge in [0, 0.05) is 26.4 Å². The van der Waals surface area contributed by atoms with E-state index in [9.17, 15) is 0 Å². The van der Waals surface area contributed by atoms with Crippen molar-refractivity contribution >= 4 is 17.3 Å². The maximum absolute atomic E-state index is 6.22. The second kappa shape index (κ2) is 6.32. The molecule has 2 rings (SSSR count). The summed E-state index contributed by atoms with van der Waals surface area (Å²) in [6, 6.07) is 3.52. The van der Waals surface area contributed by atoms with Crippen LogP contribution in [0.25, 0.3) is 0 Å². The molecule has 19 heavy (non-hydrogen) atoms. The summed E-state index contributed by atoms with van der Waals surface area (Å²) in [7, 11) is 3.19. The van der Waals surface area contributed by atoms with Crippen molar-refractivity contribution in [3.63, 3.8) is 0 Å². The molecule has 1 aromatic carbocycles. The van der Waals surface area contributed by atoms with Crippen LogP contribution in [0.4, 0.5) is 5.69 Å². The number of ether oxygens (including phenoxy) is 4. The molecule has 6 heteroatoms. The van der Waals surface area contributed by atoms with Crippen molar-refractivity contribution < 1.29 is 18.9 Å². The zero-order valence-corrected chi connectivity index (χ0v) is 12.0. The molecule has 0 saturated carbocycles. The Kier molecular flexibility index (Phi) is 4.74. The number of halogens is 1. The summed E-state index contributed by atoms with van der Waals surface area (Å²) < 4.78 is 21.4. The van der Waals surface area contributed by atoms with Crippen LogP contribution in [-0.2, 0) is 9.47 Å². The predicted molar refractivity (Wildman–Crippen MR) is 73.3 cm³/mol. The molecule has 1 aliphatic rings. The third-order valence-corrected chi connectivity index (χ3v) is 3.20. The smallest absolute Gasteiger partial charge is 0.176 e. The van der Waals surface area contributed by atoms with Crippen molar-refractivity contribution in [1.29, 1.82) is 0 Å². The Morgan fingerprint density at radius 3 is 2.32 bits per heavy atom. The Morgan fingerprint density at radius 2 is 1.74 bits per heavy atom. The second-order valence-electron chi connectivity index (χ2n) is 4.25. The number of fused-ring (bicyclic) bond motifs is 1. The third-order valence-electron chi connectivity index (χ3n) is 2.89. The molecule has 0 fully saturated rings. The molecular formula is C13H18ClNO4. The molecule has 0 saturated heterocycles. The standard InChI is InChI=1S/C13H18ClNO4/c1-8(13(16-2)17-3)15-10-7-12-11(6-9(10)14)18-4-5-19-12/h6-8,13,15H,4-5H2,1-3H3. The number of nitrogens with one attached hydrogen (secondary N) is 1. The van der Waals surface area contributed by atoms with E-state index in [-0.39, 0.29) is 12.3 Å². The highest BCUT2D eigenvalue weighted by Gasteiger charge is 2.19. The van der Waals surface area contributed by atoms with Gasteiger partial charge in [0.15, 0.2) is 17.8 Å². The first-order chi connectivity index (χ1) is 9.15. The first-order valence-corrected chi connectivity index (χ1v) is 6.44. The molecule has 0 aliphatic carbocycles. The van der Waals surface area contributed by atoms with Crippen LogP contribution in [0.2, 0.25) is 5.02 Å². The summed E-state index contributed by atoms with van der Waals surface area (Å²) in [4.78, 5) is 0. The molecule has 0 radical (unpaired) electrons. The van der Waals surface area contributed by atoms with Crippen molar-refractivity contribution in [2.75, 3.05) is 32.8 Å². The summed E-state index contributed by atoms with van der Waals surface area (Å²) in [6.45, 7) is 3.04. The van der Waals surface area contributed by atoms with Crippen LogP contribution >= 0.6 is 11.6 Å². The fraction of sp³-hybridized carbons (Fsp3) is 0.538. The van der Waals surface area contributed by atoms with E-state index in [1.165, 1.54) is 0 Å². The van der Waals surface area contributed by atoms with Crippen LogP contribution in [0.3, 0.4) is 0 Å². The van der Waals surface area contributed by atoms with E-state index in [0.717, 1.165) is 5.69 Å². The zero-order valence-electron chi connectivity index (χ0n) is 11.2. The van der Waals surface area contributed by atoms with Gasteiger partial charge >= 0.3 is 0 Å². The van der Waals surface area contributed by atoms with Gasteiger partial charge in [-0.3, -0.25) is 0 Å². The van der Waals surface area contributed by atoms with Crippen LogP contribution in [0.5, 0.6) is 11.5 Å². The van der Waals surface area contributed by atoms with Gasteiger partial charge in [-0.15, -0.1) is 0 Å². The van der Waals surface area contributed by atoms with Gasteiger partial charge in [-0.25, -0.2) is 0 Å². The van der Waals surface area contributed by atoms with E-state index < -0.39 is 0 Å². The summed E-state index contributed by atoms with van der Waals surface area (Å²) in [5.41, 5.74) is 0.762. The number of methoxy groups -OCH3 is 2. The molecule has 1 aliphatic heterocycles. The van der Waals surface area contributed by atoms with E-state index >= 15 is 0 Å². The van der Waals surface area contributed by atoms with Crippen LogP contribution < -0.4 is 14.8 Å². The van der Waals surface area contributed by atoms with Crippen molar-refractivity contribution in [2.24, 2.45) is 0 Å². The fourth-order valence-corrected chi connectivity index (χ4v) is 2.20. The lowest BCUT2D eigenvalue weighted by atomic mass is 10.2. The molecule has 1 heterocycles. The first-order valence-electron chi connectivity index (χ1n) is 6.07. The number of hydrogen-bond acceptors (Lipinski definition) is 5. The van der Waals surface area contributed by atoms with E-state index in [2.05, 4.69) is 5.32 Å². The van der Waals surface area contributed by atoms with Crippen LogP contribution in [0.15, 0.2) is 12.1 Å². The van der Waals surface area contributed by atoms with Gasteiger partial charge < -0.3 is 24.3 Å². The van der Waals surface area contributed by atoms with Crippen LogP contribution in [0, 0.1) is 0 Å². The minimum Gasteiger partial charge on any atom is -0.486 e. The highest BCUT2D eigenvalue weighted by molar-refractivity contribution is 6.33. The second-order valence-corrected chi connectivity index (χ2v) is 4.66. The lowest BCUT2D eigenvalue weighted by molar-refractivity contribution is -0.109. The predicted octanol–water partition coefficient (Wildman–Crippen LogP) is 2.53. The average Bonchev–Trinajstić information content (AvgIpc) is 2.41. The highest BCUT2D eigenvalue weighted by atomic mass is 35.5. The Hall–Kier alpha value is -1.17. The molecule has 0 spiro atoms. The molecule has 0 amide bonds. The lowest BCUT2D eigenvalue weighted by Crippen LogP contribution is -2.33. The largest absolute Gasteiger partial charge is 0.486 e. The van der Waals surface area contributed by atoms with Gasteiger partial charge in [0.25, 0.3) is 0 Å². The van der Waals surface area contributed by atoms with Crippen molar-refractivity contribution in [3.8, 4) is 11.5 Å². The first kappa shape index (κ1) is 14.2. The van der Waals surface area contributed by atoms with Crippen molar-refractivity contribution in [3.05, 3.63) is 17.2 Å². The molecule has 5 nitrogen and oxygen atoms in total. The average molecular weight is 288 g/mol. The lowest BCUT2D eigenvalue weighted by Gasteiger charge is -2.25. The summed E-state index contributed by atoms with van der Waals surface area (Å²) in [6.07, 6.45) is -0.357. The summed E-state index contributed by atoms with van der Waals surface area (Å²) in [5.74, 6) is 1.36. The van der Waals surface area contributed by atoms with E-state index in [1.54, 1.807) is 20.3 Å². The van der Waals surface area contributed by atoms with Crippen LogP contribution in [-0.4, -0.2) is 39.8 Å². The minimum atomic E-state index is -0.357. The maximum Gasteiger partial charge on any atom is 0.176 e. The molecule has 0 bridgehead atoms. The molecule has 1 N–H and O–H groups in total. The fourth-order valence-electron chi connectivity index (χ4n) is 1.99. The van der Waals surface area contributed by atoms with Gasteiger partial charge in [0.1, 0.15) is 13.2 Å². The summed E-state index contributed by atoms with van der Waals surface area (Å²) >= 11 is 6.22. The number of rotatable bonds is 5. The van der Waals surface area contributed by atoms with Crippen molar-refractivity contribution in [2.45, 2.75) is 19.3 Å². The zero-order chi connectivity index (χ0) is 13.8. The van der Waals surface area contributed by atoms with Gasteiger partial charge in [-0.2, -0.15) is 0 Å². The topological polar surface area (TPSA) is 49.0 Å². The molecule has 1 unspecified atom stereocenters. The number of benzene rings is 1. The van der Waals surface area contributed by atoms with Crippen LogP contribution in [0.1, 0.15) is 6.92 Å². The molecular weight excluding hydrogens is 270 g/mol. The SMILES string of the molecule is COC(OC)C(C)Nc1cc2c(cc1Cl)OCCO2. The van der Waals surface area contributed by atoms with E-state index in [0.29, 0.717) is 29.7 Å². The normalized spacial score (nSPS) is 15.4. The van der Waals surface area contributed by atoms with E-state index in [1.807, 2.05) is 13.0 Å². The number of anilines is 1. The highest BCUT2D eigenvalue weighted by Crippen LogP contribution is 2.38. The molecule has 106 valence electrons. The summed E-state index contributed by atoms with van der Waals surface area (Å²) in [5, 5.41) is 3.82. The number of hydrogen-bond donors (Lipinski definition) is 1. The van der Waals surface area contributed by atoms with Gasteiger partial charge in [-0.1, -0.05) is 11.6 Å². The maximum atomic E-state index is 6.22. The molecule has 1 atom stereocenters. The Bertz CT molecular complexity index is 437. The van der Waals surface area contributed by atoms with Gasteiger partial charge in [0.2, 0.25) is 0 Å². The van der Waals surface area contributed by atoms with Crippen molar-refractivity contribution in [1.82, 2.24) is 0 Å². The monoisotopic (exact) mass is 287 g/mol. The minimum absolute atomic E-state index is 0.0601. The van der Waals surface area contributed by atoms with Gasteiger partial charge in [-0.05, 0) is 6.92 Å². The third kappa shape index (κ3) is 3.23. The van der Waals surface area contributed by atoms with Gasteiger partial charge in [0.05, 0.1) is 16.8 Å².